The topological polar surface area (TPSA) is 76.7 Å². The van der Waals surface area contributed by atoms with Crippen molar-refractivity contribution >= 4 is 11.8 Å². The smallest absolute Gasteiger partial charge is 0.422 e. The van der Waals surface area contributed by atoms with Crippen LogP contribution in [0.4, 0.5) is 13.2 Å². The molecule has 0 aliphatic rings. The maximum absolute atomic E-state index is 12.3. The van der Waals surface area contributed by atoms with Gasteiger partial charge in [-0.15, -0.1) is 0 Å². The van der Waals surface area contributed by atoms with Gasteiger partial charge in [0, 0.05) is 13.0 Å². The zero-order valence-electron chi connectivity index (χ0n) is 16.4. The quantitative estimate of drug-likeness (QED) is 0.615. The second-order valence-electron chi connectivity index (χ2n) is 6.43. The van der Waals surface area contributed by atoms with Crippen LogP contribution < -0.4 is 20.1 Å². The zero-order chi connectivity index (χ0) is 22.0. The summed E-state index contributed by atoms with van der Waals surface area (Å²) in [7, 11) is 1.32. The van der Waals surface area contributed by atoms with Crippen molar-refractivity contribution in [3.8, 4) is 11.5 Å². The lowest BCUT2D eigenvalue weighted by molar-refractivity contribution is -0.153. The third-order valence-corrected chi connectivity index (χ3v) is 4.04. The Hall–Kier alpha value is -3.23. The van der Waals surface area contributed by atoms with Crippen LogP contribution in [0.25, 0.3) is 0 Å². The van der Waals surface area contributed by atoms with Gasteiger partial charge in [-0.1, -0.05) is 36.4 Å². The highest BCUT2D eigenvalue weighted by Gasteiger charge is 2.29. The van der Waals surface area contributed by atoms with Crippen molar-refractivity contribution in [1.29, 1.82) is 0 Å². The summed E-state index contributed by atoms with van der Waals surface area (Å²) in [5.41, 5.74) is 1.64. The molecule has 0 saturated heterocycles. The lowest BCUT2D eigenvalue weighted by atomic mass is 10.1. The Morgan fingerprint density at radius 2 is 1.67 bits per heavy atom. The standard InChI is InChI=1S/C21H23F3N2O4/c1-29-18-11-15(7-9-17(18)30-14-21(22,23)24)8-10-19(27)26-13-20(28)25-12-16-5-3-2-4-6-16/h2-7,9,11H,8,10,12-14H2,1H3,(H,25,28)(H,26,27). The summed E-state index contributed by atoms with van der Waals surface area (Å²) in [6.45, 7) is -1.19. The Balaban J connectivity index is 1.75. The maximum Gasteiger partial charge on any atom is 0.422 e. The molecule has 2 amide bonds. The van der Waals surface area contributed by atoms with E-state index < -0.39 is 12.8 Å². The molecule has 9 heteroatoms. The van der Waals surface area contributed by atoms with Crippen molar-refractivity contribution in [1.82, 2.24) is 10.6 Å². The Morgan fingerprint density at radius 3 is 2.33 bits per heavy atom. The van der Waals surface area contributed by atoms with E-state index in [1.54, 1.807) is 6.07 Å². The Kier molecular flexibility index (Phi) is 8.52. The summed E-state index contributed by atoms with van der Waals surface area (Å²) in [6, 6.07) is 13.8. The fourth-order valence-electron chi connectivity index (χ4n) is 2.53. The van der Waals surface area contributed by atoms with E-state index in [4.69, 9.17) is 9.47 Å². The van der Waals surface area contributed by atoms with E-state index in [-0.39, 0.29) is 36.3 Å². The number of alkyl halides is 3. The molecule has 162 valence electrons. The first-order chi connectivity index (χ1) is 14.3. The van der Waals surface area contributed by atoms with Gasteiger partial charge in [-0.2, -0.15) is 13.2 Å². The molecule has 0 spiro atoms. The summed E-state index contributed by atoms with van der Waals surface area (Å²) in [5.74, 6) is -0.503. The summed E-state index contributed by atoms with van der Waals surface area (Å²) < 4.78 is 46.6. The van der Waals surface area contributed by atoms with Crippen LogP contribution in [-0.2, 0) is 22.6 Å². The monoisotopic (exact) mass is 424 g/mol. The van der Waals surface area contributed by atoms with Crippen LogP contribution in [0.2, 0.25) is 0 Å². The molecular formula is C21H23F3N2O4. The highest BCUT2D eigenvalue weighted by atomic mass is 19.4. The highest BCUT2D eigenvalue weighted by molar-refractivity contribution is 5.84. The summed E-state index contributed by atoms with van der Waals surface area (Å²) >= 11 is 0. The number of methoxy groups -OCH3 is 1. The molecule has 2 aromatic rings. The van der Waals surface area contributed by atoms with Crippen molar-refractivity contribution in [3.05, 3.63) is 59.7 Å². The van der Waals surface area contributed by atoms with E-state index >= 15 is 0 Å². The number of carbonyl (C=O) groups is 2. The number of hydrogen-bond acceptors (Lipinski definition) is 4. The van der Waals surface area contributed by atoms with Gasteiger partial charge in [0.25, 0.3) is 0 Å². The number of carbonyl (C=O) groups excluding carboxylic acids is 2. The normalized spacial score (nSPS) is 10.9. The maximum atomic E-state index is 12.3. The molecule has 0 fully saturated rings. The van der Waals surface area contributed by atoms with E-state index in [9.17, 15) is 22.8 Å². The van der Waals surface area contributed by atoms with Crippen molar-refractivity contribution < 1.29 is 32.2 Å². The van der Waals surface area contributed by atoms with Gasteiger partial charge in [0.15, 0.2) is 18.1 Å². The number of ether oxygens (including phenoxy) is 2. The summed E-state index contributed by atoms with van der Waals surface area (Å²) in [4.78, 5) is 23.8. The van der Waals surface area contributed by atoms with Crippen molar-refractivity contribution in [2.75, 3.05) is 20.3 Å². The first-order valence-corrected chi connectivity index (χ1v) is 9.20. The van der Waals surface area contributed by atoms with Gasteiger partial charge in [-0.3, -0.25) is 9.59 Å². The van der Waals surface area contributed by atoms with E-state index in [0.717, 1.165) is 5.56 Å². The number of rotatable bonds is 10. The van der Waals surface area contributed by atoms with Crippen molar-refractivity contribution in [3.63, 3.8) is 0 Å². The van der Waals surface area contributed by atoms with Crippen molar-refractivity contribution in [2.24, 2.45) is 0 Å². The first-order valence-electron chi connectivity index (χ1n) is 9.20. The molecule has 2 aromatic carbocycles. The lowest BCUT2D eigenvalue weighted by Crippen LogP contribution is -2.36. The lowest BCUT2D eigenvalue weighted by Gasteiger charge is -2.13. The molecule has 0 saturated carbocycles. The van der Waals surface area contributed by atoms with Gasteiger partial charge in [-0.25, -0.2) is 0 Å². The average Bonchev–Trinajstić information content (AvgIpc) is 2.73. The fourth-order valence-corrected chi connectivity index (χ4v) is 2.53. The van der Waals surface area contributed by atoms with Crippen LogP contribution in [0.15, 0.2) is 48.5 Å². The van der Waals surface area contributed by atoms with Gasteiger partial charge in [-0.05, 0) is 29.7 Å². The average molecular weight is 424 g/mol. The number of halogens is 3. The molecule has 6 nitrogen and oxygen atoms in total. The number of hydrogen-bond donors (Lipinski definition) is 2. The second kappa shape index (κ2) is 11.1. The predicted molar refractivity (Wildman–Crippen MR) is 104 cm³/mol. The SMILES string of the molecule is COc1cc(CCC(=O)NCC(=O)NCc2ccccc2)ccc1OCC(F)(F)F. The molecule has 0 aromatic heterocycles. The number of nitrogens with one attached hydrogen (secondary N) is 2. The van der Waals surface area contributed by atoms with E-state index in [1.165, 1.54) is 19.2 Å². The van der Waals surface area contributed by atoms with Gasteiger partial charge in [0.1, 0.15) is 0 Å². The highest BCUT2D eigenvalue weighted by Crippen LogP contribution is 2.30. The van der Waals surface area contributed by atoms with Crippen LogP contribution in [0, 0.1) is 0 Å². The summed E-state index contributed by atoms with van der Waals surface area (Å²) in [5, 5.41) is 5.24. The minimum Gasteiger partial charge on any atom is -0.493 e. The minimum atomic E-state index is -4.45. The zero-order valence-corrected chi connectivity index (χ0v) is 16.4. The Morgan fingerprint density at radius 1 is 0.933 bits per heavy atom. The molecule has 0 bridgehead atoms. The van der Waals surface area contributed by atoms with Gasteiger partial charge < -0.3 is 20.1 Å². The Bertz CT molecular complexity index is 842. The van der Waals surface area contributed by atoms with E-state index in [1.807, 2.05) is 30.3 Å². The molecule has 30 heavy (non-hydrogen) atoms. The van der Waals surface area contributed by atoms with Crippen LogP contribution >= 0.6 is 0 Å². The molecule has 0 aliphatic carbocycles. The van der Waals surface area contributed by atoms with E-state index in [0.29, 0.717) is 18.5 Å². The van der Waals surface area contributed by atoms with Crippen LogP contribution in [-0.4, -0.2) is 38.3 Å². The van der Waals surface area contributed by atoms with Crippen molar-refractivity contribution in [2.45, 2.75) is 25.6 Å². The largest absolute Gasteiger partial charge is 0.493 e. The molecule has 0 radical (unpaired) electrons. The number of benzene rings is 2. The van der Waals surface area contributed by atoms with Gasteiger partial charge in [0.2, 0.25) is 11.8 Å². The number of aryl methyl sites for hydroxylation is 1. The Labute approximate surface area is 172 Å². The van der Waals surface area contributed by atoms with Crippen LogP contribution in [0.5, 0.6) is 11.5 Å². The molecule has 0 atom stereocenters. The molecule has 0 heterocycles. The molecule has 0 aliphatic heterocycles. The van der Waals surface area contributed by atoms with Gasteiger partial charge in [0.05, 0.1) is 13.7 Å². The van der Waals surface area contributed by atoms with Gasteiger partial charge >= 0.3 is 6.18 Å². The predicted octanol–water partition coefficient (Wildman–Crippen LogP) is 3.00. The third-order valence-electron chi connectivity index (χ3n) is 4.04. The molecule has 2 N–H and O–H groups in total. The van der Waals surface area contributed by atoms with Crippen LogP contribution in [0.3, 0.4) is 0 Å². The molecule has 2 rings (SSSR count). The minimum absolute atomic E-state index is 0.0295. The van der Waals surface area contributed by atoms with E-state index in [2.05, 4.69) is 10.6 Å². The third kappa shape index (κ3) is 8.42. The number of amides is 2. The summed E-state index contributed by atoms with van der Waals surface area (Å²) in [6.07, 6.45) is -4.01. The fraction of sp³-hybridized carbons (Fsp3) is 0.333. The molecular weight excluding hydrogens is 401 g/mol. The van der Waals surface area contributed by atoms with Crippen LogP contribution in [0.1, 0.15) is 17.5 Å². The second-order valence-corrected chi connectivity index (χ2v) is 6.43. The first kappa shape index (κ1) is 23.1. The molecule has 0 unspecified atom stereocenters.